The van der Waals surface area contributed by atoms with Gasteiger partial charge < -0.3 is 19.8 Å². The van der Waals surface area contributed by atoms with Crippen molar-refractivity contribution < 1.29 is 34.2 Å². The predicted molar refractivity (Wildman–Crippen MR) is 136 cm³/mol. The fraction of sp³-hybridized carbons (Fsp3) is 0.815. The number of aliphatic carboxylic acids is 3. The van der Waals surface area contributed by atoms with Gasteiger partial charge in [0, 0.05) is 0 Å². The van der Waals surface area contributed by atoms with Crippen LogP contribution in [0.15, 0.2) is 12.2 Å². The summed E-state index contributed by atoms with van der Waals surface area (Å²) in [6.07, 6.45) is 21.3. The van der Waals surface area contributed by atoms with Crippen LogP contribution in [0.1, 0.15) is 116 Å². The molecule has 7 heteroatoms. The van der Waals surface area contributed by atoms with Crippen LogP contribution < -0.4 is 0 Å². The van der Waals surface area contributed by atoms with Gasteiger partial charge in [-0.15, -0.1) is 0 Å². The molecule has 0 aliphatic carbocycles. The average Bonchev–Trinajstić information content (AvgIpc) is 2.79. The van der Waals surface area contributed by atoms with Gasteiger partial charge in [0.2, 0.25) is 0 Å². The molecule has 0 aliphatic heterocycles. The highest BCUT2D eigenvalue weighted by Crippen LogP contribution is 2.16. The first kappa shape index (κ1) is 32.1. The van der Waals surface area contributed by atoms with Crippen molar-refractivity contribution in [2.45, 2.75) is 116 Å². The smallest absolute Gasteiger partial charge is 0.309 e. The summed E-state index contributed by atoms with van der Waals surface area (Å²) in [7, 11) is 0. The van der Waals surface area contributed by atoms with E-state index in [1.54, 1.807) is 0 Å². The molecule has 0 fully saturated rings. The summed E-state index contributed by atoms with van der Waals surface area (Å²) < 4.78 is 0.256. The number of allylic oxidation sites excluding steroid dienone is 2. The van der Waals surface area contributed by atoms with Crippen molar-refractivity contribution in [3.05, 3.63) is 12.2 Å². The van der Waals surface area contributed by atoms with E-state index in [4.69, 9.17) is 15.3 Å². The summed E-state index contributed by atoms with van der Waals surface area (Å²) in [4.78, 5) is 33.3. The van der Waals surface area contributed by atoms with Crippen LogP contribution in [0.25, 0.3) is 0 Å². The lowest BCUT2D eigenvalue weighted by Crippen LogP contribution is -2.52. The minimum atomic E-state index is -0.937. The van der Waals surface area contributed by atoms with E-state index in [-0.39, 0.29) is 43.4 Å². The number of unbranched alkanes of at least 4 members (excludes halogenated alkanes) is 12. The molecule has 0 aliphatic rings. The van der Waals surface area contributed by atoms with Crippen molar-refractivity contribution >= 4 is 17.9 Å². The van der Waals surface area contributed by atoms with E-state index < -0.39 is 17.9 Å². The van der Waals surface area contributed by atoms with Gasteiger partial charge in [-0.05, 0) is 38.5 Å². The number of quaternary nitrogens is 1. The molecule has 0 spiro atoms. The van der Waals surface area contributed by atoms with E-state index in [0.717, 1.165) is 38.5 Å². The zero-order valence-corrected chi connectivity index (χ0v) is 21.5. The first-order valence-electron chi connectivity index (χ1n) is 13.5. The molecule has 0 amide bonds. The highest BCUT2D eigenvalue weighted by atomic mass is 16.4. The highest BCUT2D eigenvalue weighted by molar-refractivity contribution is 5.67. The molecule has 0 saturated carbocycles. The number of carbonyl (C=O) groups is 3. The Morgan fingerprint density at radius 2 is 0.882 bits per heavy atom. The molecule has 0 aromatic rings. The maximum absolute atomic E-state index is 11.1. The maximum Gasteiger partial charge on any atom is 0.309 e. The normalized spacial score (nSPS) is 11.8. The second-order valence-electron chi connectivity index (χ2n) is 9.61. The third-order valence-electron chi connectivity index (χ3n) is 6.54. The van der Waals surface area contributed by atoms with Crippen LogP contribution in [0, 0.1) is 0 Å². The van der Waals surface area contributed by atoms with Gasteiger partial charge in [-0.25, -0.2) is 0 Å². The van der Waals surface area contributed by atoms with Crippen LogP contribution >= 0.6 is 0 Å². The molecule has 0 aromatic carbocycles. The molecule has 0 heterocycles. The molecule has 0 atom stereocenters. The van der Waals surface area contributed by atoms with E-state index in [0.29, 0.717) is 6.54 Å². The molecule has 0 aromatic heterocycles. The summed E-state index contributed by atoms with van der Waals surface area (Å²) >= 11 is 0. The monoisotopic (exact) mass is 484 g/mol. The Balaban J connectivity index is 4.14. The first-order valence-corrected chi connectivity index (χ1v) is 13.5. The van der Waals surface area contributed by atoms with Crippen LogP contribution in [-0.4, -0.2) is 63.9 Å². The van der Waals surface area contributed by atoms with Crippen LogP contribution in [0.3, 0.4) is 0 Å². The lowest BCUT2D eigenvalue weighted by atomic mass is 10.1. The molecule has 7 nitrogen and oxygen atoms in total. The summed E-state index contributed by atoms with van der Waals surface area (Å²) in [6.45, 7) is 3.71. The average molecular weight is 485 g/mol. The zero-order chi connectivity index (χ0) is 25.5. The van der Waals surface area contributed by atoms with E-state index in [1.165, 1.54) is 51.4 Å². The Labute approximate surface area is 206 Å². The molecule has 0 unspecified atom stereocenters. The lowest BCUT2D eigenvalue weighted by molar-refractivity contribution is -0.927. The fourth-order valence-corrected chi connectivity index (χ4v) is 4.36. The number of carboxylic acid groups (broad SMARTS) is 3. The van der Waals surface area contributed by atoms with Crippen LogP contribution in [0.2, 0.25) is 0 Å². The molecular formula is C27H50NO6+. The van der Waals surface area contributed by atoms with Crippen LogP contribution in [0.5, 0.6) is 0 Å². The van der Waals surface area contributed by atoms with Crippen molar-refractivity contribution in [2.75, 3.05) is 26.2 Å². The van der Waals surface area contributed by atoms with Gasteiger partial charge in [0.05, 0.1) is 45.4 Å². The maximum atomic E-state index is 11.1. The third kappa shape index (κ3) is 20.7. The predicted octanol–water partition coefficient (Wildman–Crippen LogP) is 6.26. The SMILES string of the molecule is CCCCCCCCC/C=C/CCCCCCC[N+](CCC(=O)O)(CCC(=O)O)CCC(=O)O. The van der Waals surface area contributed by atoms with Crippen molar-refractivity contribution in [1.82, 2.24) is 0 Å². The van der Waals surface area contributed by atoms with Gasteiger partial charge in [0.15, 0.2) is 0 Å². The van der Waals surface area contributed by atoms with Gasteiger partial charge >= 0.3 is 17.9 Å². The molecule has 34 heavy (non-hydrogen) atoms. The fourth-order valence-electron chi connectivity index (χ4n) is 4.36. The van der Waals surface area contributed by atoms with Crippen molar-refractivity contribution in [3.63, 3.8) is 0 Å². The largest absolute Gasteiger partial charge is 0.481 e. The van der Waals surface area contributed by atoms with Gasteiger partial charge in [0.1, 0.15) is 0 Å². The summed E-state index contributed by atoms with van der Waals surface area (Å²) in [6, 6.07) is 0. The Morgan fingerprint density at radius 3 is 1.26 bits per heavy atom. The highest BCUT2D eigenvalue weighted by Gasteiger charge is 2.29. The molecular weight excluding hydrogens is 434 g/mol. The third-order valence-corrected chi connectivity index (χ3v) is 6.54. The molecule has 198 valence electrons. The Bertz CT molecular complexity index is 530. The lowest BCUT2D eigenvalue weighted by Gasteiger charge is -2.38. The van der Waals surface area contributed by atoms with E-state index in [1.807, 2.05) is 0 Å². The quantitative estimate of drug-likeness (QED) is 0.0800. The number of hydrogen-bond acceptors (Lipinski definition) is 3. The summed E-state index contributed by atoms with van der Waals surface area (Å²) in [5.41, 5.74) is 0. The molecule has 0 radical (unpaired) electrons. The molecule has 3 N–H and O–H groups in total. The van der Waals surface area contributed by atoms with Gasteiger partial charge in [0.25, 0.3) is 0 Å². The van der Waals surface area contributed by atoms with Crippen LogP contribution in [0.4, 0.5) is 0 Å². The Hall–Kier alpha value is -1.89. The first-order chi connectivity index (χ1) is 16.3. The van der Waals surface area contributed by atoms with Gasteiger partial charge in [-0.3, -0.25) is 14.4 Å². The number of hydrogen-bond donors (Lipinski definition) is 3. The standard InChI is InChI=1S/C27H49NO6/c1-2-3-4-5-6-7-8-9-10-11-12-13-14-15-16-17-21-28(22-18-25(29)30,23-19-26(31)32)24-20-27(33)34/h10-11H,2-9,12-24H2,1H3,(H2-,29,30,31,32,33,34)/p+1/b11-10+. The van der Waals surface area contributed by atoms with Crippen molar-refractivity contribution in [1.29, 1.82) is 0 Å². The second kappa shape index (κ2) is 21.6. The van der Waals surface area contributed by atoms with Gasteiger partial charge in [-0.1, -0.05) is 70.4 Å². The van der Waals surface area contributed by atoms with Crippen molar-refractivity contribution in [3.8, 4) is 0 Å². The minimum Gasteiger partial charge on any atom is -0.481 e. The number of carboxylic acids is 3. The van der Waals surface area contributed by atoms with E-state index in [2.05, 4.69) is 19.1 Å². The minimum absolute atomic E-state index is 0.0789. The van der Waals surface area contributed by atoms with E-state index >= 15 is 0 Å². The van der Waals surface area contributed by atoms with E-state index in [9.17, 15) is 14.4 Å². The van der Waals surface area contributed by atoms with Crippen LogP contribution in [-0.2, 0) is 14.4 Å². The zero-order valence-electron chi connectivity index (χ0n) is 21.5. The molecule has 0 rings (SSSR count). The van der Waals surface area contributed by atoms with Gasteiger partial charge in [-0.2, -0.15) is 0 Å². The van der Waals surface area contributed by atoms with Crippen molar-refractivity contribution in [2.24, 2.45) is 0 Å². The Kier molecular flexibility index (Phi) is 20.4. The molecule has 0 bridgehead atoms. The number of rotatable bonds is 25. The number of nitrogens with zero attached hydrogens (tertiary/aromatic N) is 1. The summed E-state index contributed by atoms with van der Waals surface area (Å²) in [5.74, 6) is -2.81. The summed E-state index contributed by atoms with van der Waals surface area (Å²) in [5, 5.41) is 27.3. The topological polar surface area (TPSA) is 112 Å². The second-order valence-corrected chi connectivity index (χ2v) is 9.61. The Morgan fingerprint density at radius 1 is 0.529 bits per heavy atom. The molecule has 0 saturated heterocycles.